The van der Waals surface area contributed by atoms with Gasteiger partial charge in [-0.15, -0.1) is 0 Å². The fraction of sp³-hybridized carbons (Fsp3) is 0.600. The number of benzene rings is 1. The molecule has 2 rings (SSSR count). The summed E-state index contributed by atoms with van der Waals surface area (Å²) in [7, 11) is 0. The van der Waals surface area contributed by atoms with E-state index in [4.69, 9.17) is 0 Å². The van der Waals surface area contributed by atoms with Crippen LogP contribution in [-0.2, 0) is 5.41 Å². The molecule has 0 bridgehead atoms. The lowest BCUT2D eigenvalue weighted by Crippen LogP contribution is -2.33. The highest BCUT2D eigenvalue weighted by atomic mass is 14.9. The molecule has 1 heteroatoms. The molecule has 0 saturated heterocycles. The molecule has 1 aromatic rings. The molecule has 0 radical (unpaired) electrons. The highest BCUT2D eigenvalue weighted by Crippen LogP contribution is 2.55. The molecule has 1 N–H and O–H groups in total. The van der Waals surface area contributed by atoms with Crippen LogP contribution in [0.1, 0.15) is 39.2 Å². The summed E-state index contributed by atoms with van der Waals surface area (Å²) in [6, 6.07) is 11.6. The van der Waals surface area contributed by atoms with E-state index < -0.39 is 0 Å². The summed E-state index contributed by atoms with van der Waals surface area (Å²) in [5.74, 6) is 0.876. The van der Waals surface area contributed by atoms with E-state index in [0.29, 0.717) is 11.5 Å². The second kappa shape index (κ2) is 4.58. The van der Waals surface area contributed by atoms with Gasteiger partial charge in [-0.25, -0.2) is 0 Å². The van der Waals surface area contributed by atoms with E-state index in [0.717, 1.165) is 12.5 Å². The van der Waals surface area contributed by atoms with Crippen molar-refractivity contribution in [3.8, 4) is 0 Å². The van der Waals surface area contributed by atoms with Crippen molar-refractivity contribution >= 4 is 0 Å². The Hall–Kier alpha value is -0.820. The molecule has 1 fully saturated rings. The molecular weight excluding hydrogens is 194 g/mol. The number of hydrogen-bond acceptors (Lipinski definition) is 1. The van der Waals surface area contributed by atoms with E-state index in [2.05, 4.69) is 56.4 Å². The first-order chi connectivity index (χ1) is 7.69. The van der Waals surface area contributed by atoms with Crippen molar-refractivity contribution < 1.29 is 0 Å². The van der Waals surface area contributed by atoms with Gasteiger partial charge in [0, 0.05) is 18.0 Å². The molecule has 0 spiro atoms. The Balaban J connectivity index is 2.12. The lowest BCUT2D eigenvalue weighted by atomic mass is 9.92. The first kappa shape index (κ1) is 11.7. The minimum absolute atomic E-state index is 0.431. The molecule has 0 heterocycles. The van der Waals surface area contributed by atoms with Gasteiger partial charge in [0.2, 0.25) is 0 Å². The van der Waals surface area contributed by atoms with Crippen molar-refractivity contribution in [1.82, 2.24) is 5.32 Å². The van der Waals surface area contributed by atoms with Crippen LogP contribution in [-0.4, -0.2) is 12.6 Å². The highest BCUT2D eigenvalue weighted by molar-refractivity contribution is 5.34. The van der Waals surface area contributed by atoms with Crippen molar-refractivity contribution in [2.24, 2.45) is 5.92 Å². The number of rotatable bonds is 5. The Labute approximate surface area is 99.3 Å². The lowest BCUT2D eigenvalue weighted by Gasteiger charge is -2.20. The summed E-state index contributed by atoms with van der Waals surface area (Å²) in [6.45, 7) is 7.89. The third-order valence-corrected chi connectivity index (χ3v) is 3.90. The highest BCUT2D eigenvalue weighted by Gasteiger charge is 2.53. The van der Waals surface area contributed by atoms with Gasteiger partial charge in [-0.1, -0.05) is 57.5 Å². The minimum atomic E-state index is 0.431. The fourth-order valence-electron chi connectivity index (χ4n) is 2.74. The van der Waals surface area contributed by atoms with Crippen molar-refractivity contribution in [2.75, 3.05) is 6.54 Å². The SMILES string of the molecule is CCC1CC1(CNC(C)C)c1ccccc1. The molecule has 1 aromatic carbocycles. The molecule has 0 aromatic heterocycles. The minimum Gasteiger partial charge on any atom is -0.314 e. The van der Waals surface area contributed by atoms with Crippen LogP contribution in [0.25, 0.3) is 0 Å². The van der Waals surface area contributed by atoms with Crippen LogP contribution in [0.5, 0.6) is 0 Å². The van der Waals surface area contributed by atoms with Crippen LogP contribution >= 0.6 is 0 Å². The molecule has 2 atom stereocenters. The fourth-order valence-corrected chi connectivity index (χ4v) is 2.74. The summed E-state index contributed by atoms with van der Waals surface area (Å²) in [5, 5.41) is 3.61. The average molecular weight is 217 g/mol. The Morgan fingerprint density at radius 3 is 2.50 bits per heavy atom. The van der Waals surface area contributed by atoms with Gasteiger partial charge < -0.3 is 5.32 Å². The van der Waals surface area contributed by atoms with Crippen molar-refractivity contribution in [1.29, 1.82) is 0 Å². The monoisotopic (exact) mass is 217 g/mol. The van der Waals surface area contributed by atoms with Crippen LogP contribution in [0.3, 0.4) is 0 Å². The Morgan fingerprint density at radius 2 is 2.00 bits per heavy atom. The van der Waals surface area contributed by atoms with Gasteiger partial charge >= 0.3 is 0 Å². The Bertz CT molecular complexity index is 331. The van der Waals surface area contributed by atoms with Gasteiger partial charge in [0.25, 0.3) is 0 Å². The smallest absolute Gasteiger partial charge is 0.0109 e. The maximum absolute atomic E-state index is 3.61. The summed E-state index contributed by atoms with van der Waals surface area (Å²) >= 11 is 0. The van der Waals surface area contributed by atoms with Gasteiger partial charge in [0.15, 0.2) is 0 Å². The van der Waals surface area contributed by atoms with Crippen LogP contribution in [0.4, 0.5) is 0 Å². The molecular formula is C15H23N. The summed E-state index contributed by atoms with van der Waals surface area (Å²) in [4.78, 5) is 0. The third kappa shape index (κ3) is 2.15. The number of nitrogens with one attached hydrogen (secondary N) is 1. The first-order valence-corrected chi connectivity index (χ1v) is 6.48. The van der Waals surface area contributed by atoms with Gasteiger partial charge in [-0.3, -0.25) is 0 Å². The van der Waals surface area contributed by atoms with E-state index in [1.807, 2.05) is 0 Å². The van der Waals surface area contributed by atoms with E-state index in [1.54, 1.807) is 0 Å². The van der Waals surface area contributed by atoms with Crippen molar-refractivity contribution in [3.63, 3.8) is 0 Å². The van der Waals surface area contributed by atoms with Gasteiger partial charge in [-0.05, 0) is 17.9 Å². The molecule has 88 valence electrons. The normalized spacial score (nSPS) is 28.4. The molecule has 2 unspecified atom stereocenters. The van der Waals surface area contributed by atoms with Crippen molar-refractivity contribution in [2.45, 2.75) is 45.1 Å². The molecule has 1 aliphatic rings. The predicted molar refractivity (Wildman–Crippen MR) is 69.7 cm³/mol. The third-order valence-electron chi connectivity index (χ3n) is 3.90. The standard InChI is InChI=1S/C15H23N/c1-4-13-10-15(13,11-16-12(2)3)14-8-6-5-7-9-14/h5-9,12-13,16H,4,10-11H2,1-3H3. The maximum atomic E-state index is 3.61. The molecule has 0 aliphatic heterocycles. The Kier molecular flexibility index (Phi) is 3.34. The van der Waals surface area contributed by atoms with Crippen molar-refractivity contribution in [3.05, 3.63) is 35.9 Å². The zero-order valence-electron chi connectivity index (χ0n) is 10.7. The molecule has 1 aliphatic carbocycles. The van der Waals surface area contributed by atoms with Gasteiger partial charge in [0.05, 0.1) is 0 Å². The molecule has 1 saturated carbocycles. The lowest BCUT2D eigenvalue weighted by molar-refractivity contribution is 0.487. The predicted octanol–water partition coefficient (Wildman–Crippen LogP) is 3.35. The summed E-state index contributed by atoms with van der Waals surface area (Å²) in [6.07, 6.45) is 2.65. The molecule has 1 nitrogen and oxygen atoms in total. The molecule has 16 heavy (non-hydrogen) atoms. The largest absolute Gasteiger partial charge is 0.314 e. The summed E-state index contributed by atoms with van der Waals surface area (Å²) < 4.78 is 0. The van der Waals surface area contributed by atoms with E-state index in [-0.39, 0.29) is 0 Å². The summed E-state index contributed by atoms with van der Waals surface area (Å²) in [5.41, 5.74) is 1.95. The quantitative estimate of drug-likeness (QED) is 0.797. The number of hydrogen-bond donors (Lipinski definition) is 1. The van der Waals surface area contributed by atoms with E-state index >= 15 is 0 Å². The van der Waals surface area contributed by atoms with E-state index in [9.17, 15) is 0 Å². The molecule has 0 amide bonds. The first-order valence-electron chi connectivity index (χ1n) is 6.48. The van der Waals surface area contributed by atoms with Crippen LogP contribution in [0, 0.1) is 5.92 Å². The van der Waals surface area contributed by atoms with Crippen LogP contribution in [0.15, 0.2) is 30.3 Å². The van der Waals surface area contributed by atoms with Crippen LogP contribution in [0.2, 0.25) is 0 Å². The Morgan fingerprint density at radius 1 is 1.31 bits per heavy atom. The van der Waals surface area contributed by atoms with E-state index in [1.165, 1.54) is 18.4 Å². The second-order valence-electron chi connectivity index (χ2n) is 5.37. The second-order valence-corrected chi connectivity index (χ2v) is 5.37. The van der Waals surface area contributed by atoms with Gasteiger partial charge in [-0.2, -0.15) is 0 Å². The van der Waals surface area contributed by atoms with Gasteiger partial charge in [0.1, 0.15) is 0 Å². The topological polar surface area (TPSA) is 12.0 Å². The zero-order chi connectivity index (χ0) is 11.6. The average Bonchev–Trinajstić information content (AvgIpc) is 3.03. The van der Waals surface area contributed by atoms with Crippen LogP contribution < -0.4 is 5.32 Å². The zero-order valence-corrected chi connectivity index (χ0v) is 10.7. The maximum Gasteiger partial charge on any atom is 0.0109 e.